The van der Waals surface area contributed by atoms with E-state index in [0.29, 0.717) is 0 Å². The summed E-state index contributed by atoms with van der Waals surface area (Å²) in [5.41, 5.74) is 14.4. The molecule has 2 aliphatic carbocycles. The predicted octanol–water partition coefficient (Wildman–Crippen LogP) is 12.4. The van der Waals surface area contributed by atoms with Gasteiger partial charge < -0.3 is 14.3 Å². The van der Waals surface area contributed by atoms with Crippen molar-refractivity contribution in [3.8, 4) is 22.3 Å². The van der Waals surface area contributed by atoms with Crippen LogP contribution in [0, 0.1) is 0 Å². The minimum Gasteiger partial charge on any atom is -0.455 e. The molecule has 2 aromatic heterocycles. The molecule has 1 spiro atoms. The molecule has 56 heavy (non-hydrogen) atoms. The van der Waals surface area contributed by atoms with Crippen LogP contribution >= 0.6 is 0 Å². The number of fused-ring (bicyclic) bond motifs is 11. The van der Waals surface area contributed by atoms with Crippen LogP contribution in [-0.4, -0.2) is 10.4 Å². The third kappa shape index (κ3) is 4.67. The van der Waals surface area contributed by atoms with Crippen molar-refractivity contribution in [2.24, 2.45) is 4.99 Å². The van der Waals surface area contributed by atoms with Gasteiger partial charge in [-0.15, -0.1) is 0 Å². The number of furan rings is 1. The van der Waals surface area contributed by atoms with Crippen molar-refractivity contribution in [2.75, 3.05) is 0 Å². The summed E-state index contributed by atoms with van der Waals surface area (Å²) in [7, 11) is 0. The lowest BCUT2D eigenvalue weighted by molar-refractivity contribution is 0.340. The van der Waals surface area contributed by atoms with E-state index in [2.05, 4.69) is 173 Å². The van der Waals surface area contributed by atoms with Gasteiger partial charge in [-0.25, -0.2) is 4.99 Å². The monoisotopic (exact) mass is 724 g/mol. The number of rotatable bonds is 4. The molecule has 2 N–H and O–H groups in total. The van der Waals surface area contributed by atoms with Crippen LogP contribution in [0.3, 0.4) is 0 Å². The summed E-state index contributed by atoms with van der Waals surface area (Å²) in [6.45, 7) is 0. The van der Waals surface area contributed by atoms with E-state index in [1.54, 1.807) is 0 Å². The van der Waals surface area contributed by atoms with Gasteiger partial charge in [-0.2, -0.15) is 0 Å². The maximum Gasteiger partial charge on any atom is 0.184 e. The van der Waals surface area contributed by atoms with E-state index in [1.165, 1.54) is 76.2 Å². The lowest BCUT2D eigenvalue weighted by Crippen LogP contribution is -2.46. The number of nitrogens with zero attached hydrogens (tertiary/aromatic N) is 2. The number of amidine groups is 1. The minimum absolute atomic E-state index is 0.0601. The smallest absolute Gasteiger partial charge is 0.184 e. The van der Waals surface area contributed by atoms with E-state index in [4.69, 9.17) is 9.41 Å². The topological polar surface area (TPSA) is 54.5 Å². The summed E-state index contributed by atoms with van der Waals surface area (Å²) in [5, 5.41) is 12.5. The van der Waals surface area contributed by atoms with Crippen LogP contribution < -0.4 is 10.6 Å². The Hall–Kier alpha value is -6.43. The molecular weight excluding hydrogens is 685 g/mol. The van der Waals surface area contributed by atoms with Gasteiger partial charge >= 0.3 is 0 Å². The first kappa shape index (κ1) is 31.9. The highest BCUT2D eigenvalue weighted by Gasteiger charge is 2.44. The van der Waals surface area contributed by atoms with Crippen LogP contribution in [0.15, 0.2) is 167 Å². The molecule has 7 aromatic carbocycles. The average Bonchev–Trinajstić information content (AvgIpc) is 3.89. The largest absolute Gasteiger partial charge is 0.455 e. The molecule has 12 rings (SSSR count). The first-order valence-electron chi connectivity index (χ1n) is 20.1. The Morgan fingerprint density at radius 3 is 2.14 bits per heavy atom. The van der Waals surface area contributed by atoms with Crippen molar-refractivity contribution in [3.05, 3.63) is 180 Å². The van der Waals surface area contributed by atoms with Gasteiger partial charge in [0.25, 0.3) is 0 Å². The zero-order valence-corrected chi connectivity index (χ0v) is 31.0. The second kappa shape index (κ2) is 12.3. The first-order valence-corrected chi connectivity index (χ1v) is 20.1. The number of hydrogen-bond acceptors (Lipinski definition) is 4. The molecule has 0 bridgehead atoms. The van der Waals surface area contributed by atoms with Crippen molar-refractivity contribution in [1.29, 1.82) is 0 Å². The number of benzene rings is 7. The van der Waals surface area contributed by atoms with Gasteiger partial charge in [0, 0.05) is 38.1 Å². The molecule has 3 heterocycles. The molecule has 270 valence electrons. The molecule has 5 nitrogen and oxygen atoms in total. The Kier molecular flexibility index (Phi) is 6.99. The van der Waals surface area contributed by atoms with E-state index >= 15 is 0 Å². The Morgan fingerprint density at radius 1 is 0.554 bits per heavy atom. The highest BCUT2D eigenvalue weighted by molar-refractivity contribution is 6.12. The Balaban J connectivity index is 1.03. The van der Waals surface area contributed by atoms with Crippen molar-refractivity contribution < 1.29 is 4.42 Å². The van der Waals surface area contributed by atoms with Crippen molar-refractivity contribution in [3.63, 3.8) is 0 Å². The van der Waals surface area contributed by atoms with Gasteiger partial charge in [0.1, 0.15) is 23.2 Å². The van der Waals surface area contributed by atoms with Crippen molar-refractivity contribution in [2.45, 2.75) is 50.0 Å². The van der Waals surface area contributed by atoms with Gasteiger partial charge in [0.05, 0.1) is 11.0 Å². The third-order valence-electron chi connectivity index (χ3n) is 12.9. The number of aromatic nitrogens is 1. The quantitative estimate of drug-likeness (QED) is 0.190. The van der Waals surface area contributed by atoms with Gasteiger partial charge in [-0.3, -0.25) is 5.32 Å². The van der Waals surface area contributed by atoms with Gasteiger partial charge in [-0.05, 0) is 70.5 Å². The second-order valence-corrected chi connectivity index (χ2v) is 15.9. The van der Waals surface area contributed by atoms with E-state index < -0.39 is 0 Å². The summed E-state index contributed by atoms with van der Waals surface area (Å²) >= 11 is 0. The molecule has 9 aromatic rings. The van der Waals surface area contributed by atoms with Gasteiger partial charge in [0.15, 0.2) is 6.29 Å². The molecule has 0 amide bonds. The predicted molar refractivity (Wildman–Crippen MR) is 229 cm³/mol. The molecule has 1 aliphatic heterocycles. The second-order valence-electron chi connectivity index (χ2n) is 15.9. The molecule has 1 fully saturated rings. The number of hydrogen-bond donors (Lipinski definition) is 2. The highest BCUT2D eigenvalue weighted by atomic mass is 16.3. The molecule has 5 heteroatoms. The summed E-state index contributed by atoms with van der Waals surface area (Å²) in [5.74, 6) is 0.860. The van der Waals surface area contributed by atoms with Crippen LogP contribution in [0.1, 0.15) is 66.8 Å². The lowest BCUT2D eigenvalue weighted by atomic mass is 9.68. The summed E-state index contributed by atoms with van der Waals surface area (Å²) in [6.07, 6.45) is 5.62. The van der Waals surface area contributed by atoms with Gasteiger partial charge in [-0.1, -0.05) is 153 Å². The number of aliphatic imine (C=N–C) groups is 1. The van der Waals surface area contributed by atoms with Crippen LogP contribution in [-0.2, 0) is 5.41 Å². The van der Waals surface area contributed by atoms with E-state index in [0.717, 1.165) is 50.0 Å². The van der Waals surface area contributed by atoms with Crippen LogP contribution in [0.2, 0.25) is 0 Å². The molecule has 0 saturated heterocycles. The molecule has 3 aliphatic rings. The molecule has 1 saturated carbocycles. The minimum atomic E-state index is -0.376. The fourth-order valence-corrected chi connectivity index (χ4v) is 10.3. The lowest BCUT2D eigenvalue weighted by Gasteiger charge is -2.36. The Labute approximate surface area is 325 Å². The SMILES string of the molecule is c1ccc(C2=NC(n3c4ccccc4c4cc5c(cc43)C3(CCCCC3)c3ccccc3-5)NC(c3ccc4c(c3)oc3c(-c5ccccc5)cccc34)N2)cc1. The average molecular weight is 725 g/mol. The molecule has 0 radical (unpaired) electrons. The van der Waals surface area contributed by atoms with Crippen LogP contribution in [0.25, 0.3) is 66.0 Å². The number of para-hydroxylation sites is 2. The molecular formula is C51H40N4O. The standard InChI is InChI=1S/C51H40N4O/c1-4-15-32(16-5-1)35-21-14-22-39-38-26-25-34(29-46(38)56-47(35)39)49-52-48(33-17-6-2-7-18-33)53-50(54-49)55-44-24-11-9-20-37(44)41-30-40-36-19-8-10-23-42(36)51(27-12-3-13-28-51)43(40)31-45(41)55/h1-2,4-11,14-26,29-31,49-50,54H,3,12-13,27-28H2,(H,52,53). The highest BCUT2D eigenvalue weighted by Crippen LogP contribution is 2.57. The summed E-state index contributed by atoms with van der Waals surface area (Å²) in [4.78, 5) is 5.48. The van der Waals surface area contributed by atoms with Crippen LogP contribution in [0.4, 0.5) is 0 Å². The normalized spacial score (nSPS) is 18.7. The van der Waals surface area contributed by atoms with Crippen molar-refractivity contribution >= 4 is 49.6 Å². The maximum atomic E-state index is 6.73. The Bertz CT molecular complexity index is 3020. The van der Waals surface area contributed by atoms with E-state index in [1.807, 2.05) is 0 Å². The van der Waals surface area contributed by atoms with Crippen molar-refractivity contribution in [1.82, 2.24) is 15.2 Å². The number of nitrogens with one attached hydrogen (secondary N) is 2. The molecule has 2 atom stereocenters. The first-order chi connectivity index (χ1) is 27.7. The fraction of sp³-hybridized carbons (Fsp3) is 0.157. The molecule has 2 unspecified atom stereocenters. The zero-order chi connectivity index (χ0) is 36.8. The third-order valence-corrected chi connectivity index (χ3v) is 12.9. The fourth-order valence-electron chi connectivity index (χ4n) is 10.3. The maximum absolute atomic E-state index is 6.73. The van der Waals surface area contributed by atoms with E-state index in [-0.39, 0.29) is 17.9 Å². The van der Waals surface area contributed by atoms with E-state index in [9.17, 15) is 0 Å². The summed E-state index contributed by atoms with van der Waals surface area (Å²) < 4.78 is 9.18. The summed E-state index contributed by atoms with van der Waals surface area (Å²) in [6, 6.07) is 57.2. The Morgan fingerprint density at radius 2 is 1.29 bits per heavy atom. The zero-order valence-electron chi connectivity index (χ0n) is 31.0. The van der Waals surface area contributed by atoms with Gasteiger partial charge in [0.2, 0.25) is 0 Å². The van der Waals surface area contributed by atoms with Crippen LogP contribution in [0.5, 0.6) is 0 Å².